The Morgan fingerprint density at radius 2 is 2.15 bits per heavy atom. The number of nitrogens with zero attached hydrogens (tertiary/aromatic N) is 3. The van der Waals surface area contributed by atoms with Gasteiger partial charge in [-0.3, -0.25) is 0 Å². The highest BCUT2D eigenvalue weighted by Crippen LogP contribution is 2.31. The van der Waals surface area contributed by atoms with Gasteiger partial charge in [0.15, 0.2) is 0 Å². The smallest absolute Gasteiger partial charge is 0.148 e. The number of rotatable bonds is 4. The van der Waals surface area contributed by atoms with Crippen molar-refractivity contribution < 1.29 is 0 Å². The summed E-state index contributed by atoms with van der Waals surface area (Å²) in [4.78, 5) is 11.7. The molecule has 1 aliphatic rings. The van der Waals surface area contributed by atoms with Crippen LogP contribution in [0.1, 0.15) is 38.6 Å². The number of aryl methyl sites for hydroxylation is 1. The summed E-state index contributed by atoms with van der Waals surface area (Å²) < 4.78 is 0. The Balaban J connectivity index is 2.40. The normalized spacial score (nSPS) is 22.9. The molecule has 2 heterocycles. The van der Waals surface area contributed by atoms with Gasteiger partial charge in [0.1, 0.15) is 17.5 Å². The Bertz CT molecular complexity index is 465. The lowest BCUT2D eigenvalue weighted by molar-refractivity contribution is 0.615. The third kappa shape index (κ3) is 3.01. The summed E-state index contributed by atoms with van der Waals surface area (Å²) in [6.45, 7) is 9.77. The number of aromatic nitrogens is 2. The molecule has 0 aliphatic carbocycles. The van der Waals surface area contributed by atoms with Crippen molar-refractivity contribution in [1.82, 2.24) is 9.97 Å². The van der Waals surface area contributed by atoms with Gasteiger partial charge in [0.05, 0.1) is 0 Å². The van der Waals surface area contributed by atoms with Crippen LogP contribution >= 0.6 is 11.8 Å². The van der Waals surface area contributed by atoms with Crippen molar-refractivity contribution in [2.24, 2.45) is 5.84 Å². The van der Waals surface area contributed by atoms with E-state index in [1.54, 1.807) is 0 Å². The first-order valence-corrected chi connectivity index (χ1v) is 8.35. The standard InChI is InChI=1S/C14H25N5S/c1-5-6-12-16-13(18-15)9(2)14(17-12)19-7-8-20-11(4)10(19)3/h10-11H,5-8,15H2,1-4H3,(H,16,17,18). The van der Waals surface area contributed by atoms with E-state index in [4.69, 9.17) is 10.8 Å². The van der Waals surface area contributed by atoms with Gasteiger partial charge < -0.3 is 10.3 Å². The number of nitrogen functional groups attached to an aromatic ring is 1. The Labute approximate surface area is 125 Å². The molecule has 0 amide bonds. The SMILES string of the molecule is CCCc1nc(NN)c(C)c(N2CCSC(C)C2C)n1. The first-order valence-electron chi connectivity index (χ1n) is 7.30. The molecule has 6 heteroatoms. The quantitative estimate of drug-likeness (QED) is 0.656. The highest BCUT2D eigenvalue weighted by Gasteiger charge is 2.28. The number of nitrogens with two attached hydrogens (primary N) is 1. The van der Waals surface area contributed by atoms with E-state index in [9.17, 15) is 0 Å². The third-order valence-electron chi connectivity index (χ3n) is 3.93. The van der Waals surface area contributed by atoms with Crippen molar-refractivity contribution in [3.8, 4) is 0 Å². The van der Waals surface area contributed by atoms with E-state index in [-0.39, 0.29) is 0 Å². The molecular weight excluding hydrogens is 270 g/mol. The first kappa shape index (κ1) is 15.4. The molecule has 3 N–H and O–H groups in total. The maximum atomic E-state index is 5.61. The zero-order chi connectivity index (χ0) is 14.7. The Hall–Kier alpha value is -1.01. The second-order valence-corrected chi connectivity index (χ2v) is 6.83. The molecule has 1 aliphatic heterocycles. The average molecular weight is 295 g/mol. The number of nitrogens with one attached hydrogen (secondary N) is 1. The third-order valence-corrected chi connectivity index (χ3v) is 5.27. The zero-order valence-electron chi connectivity index (χ0n) is 12.8. The Morgan fingerprint density at radius 3 is 2.80 bits per heavy atom. The lowest BCUT2D eigenvalue weighted by atomic mass is 10.1. The van der Waals surface area contributed by atoms with Gasteiger partial charge in [0, 0.05) is 35.6 Å². The predicted octanol–water partition coefficient (Wildman–Crippen LogP) is 2.35. The maximum Gasteiger partial charge on any atom is 0.148 e. The minimum Gasteiger partial charge on any atom is -0.352 e. The topological polar surface area (TPSA) is 67.1 Å². The lowest BCUT2D eigenvalue weighted by Crippen LogP contribution is -2.45. The van der Waals surface area contributed by atoms with Crippen molar-refractivity contribution in [2.45, 2.75) is 51.8 Å². The molecule has 2 unspecified atom stereocenters. The molecule has 0 spiro atoms. The molecule has 0 aromatic carbocycles. The maximum absolute atomic E-state index is 5.61. The molecule has 0 radical (unpaired) electrons. The molecule has 1 fully saturated rings. The molecule has 0 saturated carbocycles. The zero-order valence-corrected chi connectivity index (χ0v) is 13.6. The highest BCUT2D eigenvalue weighted by atomic mass is 32.2. The van der Waals surface area contributed by atoms with Crippen molar-refractivity contribution in [2.75, 3.05) is 22.6 Å². The van der Waals surface area contributed by atoms with Crippen molar-refractivity contribution >= 4 is 23.4 Å². The summed E-state index contributed by atoms with van der Waals surface area (Å²) in [6, 6.07) is 0.474. The first-order chi connectivity index (χ1) is 9.58. The molecule has 1 aromatic heterocycles. The van der Waals surface area contributed by atoms with Crippen LogP contribution in [0, 0.1) is 6.92 Å². The van der Waals surface area contributed by atoms with Gasteiger partial charge in [0.2, 0.25) is 0 Å². The molecule has 5 nitrogen and oxygen atoms in total. The number of hydrogen-bond donors (Lipinski definition) is 2. The van der Waals surface area contributed by atoms with Gasteiger partial charge in [-0.2, -0.15) is 11.8 Å². The fraction of sp³-hybridized carbons (Fsp3) is 0.714. The summed E-state index contributed by atoms with van der Waals surface area (Å²) >= 11 is 2.03. The van der Waals surface area contributed by atoms with Crippen molar-refractivity contribution in [3.05, 3.63) is 11.4 Å². The summed E-state index contributed by atoms with van der Waals surface area (Å²) in [5.74, 6) is 9.41. The van der Waals surface area contributed by atoms with E-state index in [2.05, 4.69) is 36.1 Å². The fourth-order valence-corrected chi connectivity index (χ4v) is 3.64. The molecule has 2 rings (SSSR count). The van der Waals surface area contributed by atoms with E-state index in [1.165, 1.54) is 0 Å². The van der Waals surface area contributed by atoms with E-state index < -0.39 is 0 Å². The predicted molar refractivity (Wildman–Crippen MR) is 87.3 cm³/mol. The van der Waals surface area contributed by atoms with E-state index in [1.807, 2.05) is 18.7 Å². The molecule has 112 valence electrons. The van der Waals surface area contributed by atoms with Crippen LogP contribution in [0.4, 0.5) is 11.6 Å². The second-order valence-electron chi connectivity index (χ2n) is 5.34. The average Bonchev–Trinajstić information content (AvgIpc) is 2.44. The fourth-order valence-electron chi connectivity index (χ4n) is 2.54. The largest absolute Gasteiger partial charge is 0.352 e. The highest BCUT2D eigenvalue weighted by molar-refractivity contribution is 8.00. The molecule has 2 atom stereocenters. The van der Waals surface area contributed by atoms with Gasteiger partial charge in [-0.05, 0) is 20.3 Å². The Kier molecular flexibility index (Phi) is 5.10. The molecule has 1 saturated heterocycles. The molecule has 0 bridgehead atoms. The molecule has 1 aromatic rings. The lowest BCUT2D eigenvalue weighted by Gasteiger charge is -2.39. The molecule has 20 heavy (non-hydrogen) atoms. The summed E-state index contributed by atoms with van der Waals surface area (Å²) in [7, 11) is 0. The van der Waals surface area contributed by atoms with Gasteiger partial charge in [-0.1, -0.05) is 13.8 Å². The number of hydrazine groups is 1. The van der Waals surface area contributed by atoms with Crippen molar-refractivity contribution in [3.63, 3.8) is 0 Å². The summed E-state index contributed by atoms with van der Waals surface area (Å²) in [5, 5.41) is 0.613. The summed E-state index contributed by atoms with van der Waals surface area (Å²) in [5.41, 5.74) is 3.76. The second kappa shape index (κ2) is 6.63. The number of thioether (sulfide) groups is 1. The minimum absolute atomic E-state index is 0.474. The summed E-state index contributed by atoms with van der Waals surface area (Å²) in [6.07, 6.45) is 1.92. The van der Waals surface area contributed by atoms with Gasteiger partial charge in [-0.15, -0.1) is 0 Å². The van der Waals surface area contributed by atoms with Crippen LogP contribution in [0.2, 0.25) is 0 Å². The van der Waals surface area contributed by atoms with E-state index >= 15 is 0 Å². The number of hydrogen-bond acceptors (Lipinski definition) is 6. The van der Waals surface area contributed by atoms with E-state index in [0.717, 1.165) is 48.2 Å². The monoisotopic (exact) mass is 295 g/mol. The van der Waals surface area contributed by atoms with Crippen LogP contribution in [0.5, 0.6) is 0 Å². The number of anilines is 2. The van der Waals surface area contributed by atoms with Gasteiger partial charge in [0.25, 0.3) is 0 Å². The Morgan fingerprint density at radius 1 is 1.40 bits per heavy atom. The van der Waals surface area contributed by atoms with Crippen molar-refractivity contribution in [1.29, 1.82) is 0 Å². The van der Waals surface area contributed by atoms with Gasteiger partial charge in [-0.25, -0.2) is 15.8 Å². The van der Waals surface area contributed by atoms with Crippen LogP contribution < -0.4 is 16.2 Å². The van der Waals surface area contributed by atoms with Crippen LogP contribution in [0.15, 0.2) is 0 Å². The van der Waals surface area contributed by atoms with Crippen LogP contribution in [0.25, 0.3) is 0 Å². The minimum atomic E-state index is 0.474. The van der Waals surface area contributed by atoms with Crippen LogP contribution in [0.3, 0.4) is 0 Å². The van der Waals surface area contributed by atoms with Gasteiger partial charge >= 0.3 is 0 Å². The van der Waals surface area contributed by atoms with Crippen LogP contribution in [-0.2, 0) is 6.42 Å². The molecular formula is C14H25N5S. The van der Waals surface area contributed by atoms with Crippen LogP contribution in [-0.4, -0.2) is 33.6 Å². The van der Waals surface area contributed by atoms with E-state index in [0.29, 0.717) is 11.3 Å².